The third-order valence-corrected chi connectivity index (χ3v) is 2.19. The first-order chi connectivity index (χ1) is 7.06. The van der Waals surface area contributed by atoms with Gasteiger partial charge in [0.25, 0.3) is 0 Å². The smallest absolute Gasteiger partial charge is 0.220 e. The maximum Gasteiger partial charge on any atom is 0.220 e. The molecule has 1 atom stereocenters. The van der Waals surface area contributed by atoms with Gasteiger partial charge in [-0.3, -0.25) is 4.79 Å². The van der Waals surface area contributed by atoms with Crippen LogP contribution in [0, 0.1) is 5.92 Å². The summed E-state index contributed by atoms with van der Waals surface area (Å²) in [6, 6.07) is 0. The van der Waals surface area contributed by atoms with E-state index in [1.54, 1.807) is 6.08 Å². The third-order valence-electron chi connectivity index (χ3n) is 2.19. The molecule has 2 nitrogen and oxygen atoms in total. The highest BCUT2D eigenvalue weighted by atomic mass is 16.1. The molecule has 15 heavy (non-hydrogen) atoms. The van der Waals surface area contributed by atoms with Gasteiger partial charge in [0, 0.05) is 13.0 Å². The van der Waals surface area contributed by atoms with Crippen LogP contribution < -0.4 is 5.32 Å². The number of hydrogen-bond acceptors (Lipinski definition) is 1. The highest BCUT2D eigenvalue weighted by molar-refractivity contribution is 5.76. The number of allylic oxidation sites excluding steroid dienone is 2. The summed E-state index contributed by atoms with van der Waals surface area (Å²) in [7, 11) is 0. The van der Waals surface area contributed by atoms with E-state index < -0.39 is 0 Å². The van der Waals surface area contributed by atoms with Crippen LogP contribution in [0.25, 0.3) is 0 Å². The molecule has 0 saturated carbocycles. The van der Waals surface area contributed by atoms with Gasteiger partial charge in [-0.25, -0.2) is 0 Å². The van der Waals surface area contributed by atoms with Gasteiger partial charge in [0.1, 0.15) is 0 Å². The predicted molar refractivity (Wildman–Crippen MR) is 65.7 cm³/mol. The van der Waals surface area contributed by atoms with Crippen molar-refractivity contribution in [3.63, 3.8) is 0 Å². The van der Waals surface area contributed by atoms with E-state index in [2.05, 4.69) is 38.7 Å². The zero-order valence-electron chi connectivity index (χ0n) is 10.2. The van der Waals surface area contributed by atoms with Crippen LogP contribution in [0.3, 0.4) is 0 Å². The second-order valence-corrected chi connectivity index (χ2v) is 4.26. The van der Waals surface area contributed by atoms with E-state index in [1.165, 1.54) is 5.57 Å². The molecular formula is C13H23NO. The van der Waals surface area contributed by atoms with Crippen molar-refractivity contribution in [3.05, 3.63) is 24.3 Å². The molecule has 1 unspecified atom stereocenters. The van der Waals surface area contributed by atoms with Crippen molar-refractivity contribution in [3.8, 4) is 0 Å². The van der Waals surface area contributed by atoms with E-state index >= 15 is 0 Å². The van der Waals surface area contributed by atoms with Gasteiger partial charge in [0.05, 0.1) is 0 Å². The van der Waals surface area contributed by atoms with Crippen molar-refractivity contribution in [1.29, 1.82) is 0 Å². The van der Waals surface area contributed by atoms with Gasteiger partial charge in [-0.2, -0.15) is 0 Å². The maximum atomic E-state index is 11.3. The largest absolute Gasteiger partial charge is 0.353 e. The summed E-state index contributed by atoms with van der Waals surface area (Å²) < 4.78 is 0. The van der Waals surface area contributed by atoms with Crippen LogP contribution in [0.15, 0.2) is 24.3 Å². The van der Waals surface area contributed by atoms with Gasteiger partial charge < -0.3 is 5.32 Å². The molecule has 86 valence electrons. The summed E-state index contributed by atoms with van der Waals surface area (Å²) in [5.74, 6) is 0.574. The zero-order chi connectivity index (χ0) is 11.7. The Hall–Kier alpha value is -1.05. The minimum Gasteiger partial charge on any atom is -0.353 e. The summed E-state index contributed by atoms with van der Waals surface area (Å²) >= 11 is 0. The Labute approximate surface area is 93.5 Å². The molecule has 1 N–H and O–H groups in total. The fraction of sp³-hybridized carbons (Fsp3) is 0.615. The highest BCUT2D eigenvalue weighted by Crippen LogP contribution is 2.11. The van der Waals surface area contributed by atoms with Gasteiger partial charge in [0.15, 0.2) is 0 Å². The Balaban J connectivity index is 3.63. The second kappa shape index (κ2) is 8.27. The lowest BCUT2D eigenvalue weighted by molar-refractivity contribution is -0.121. The normalized spacial score (nSPS) is 11.7. The first-order valence-corrected chi connectivity index (χ1v) is 5.57. The molecule has 0 rings (SSSR count). The molecule has 0 aliphatic carbocycles. The topological polar surface area (TPSA) is 29.1 Å². The molecule has 0 saturated heterocycles. The Morgan fingerprint density at radius 3 is 2.67 bits per heavy atom. The van der Waals surface area contributed by atoms with Gasteiger partial charge in [-0.15, -0.1) is 6.58 Å². The molecule has 0 fully saturated rings. The molecule has 0 spiro atoms. The fourth-order valence-electron chi connectivity index (χ4n) is 1.33. The summed E-state index contributed by atoms with van der Waals surface area (Å²) in [5.41, 5.74) is 1.35. The molecule has 0 aliphatic rings. The van der Waals surface area contributed by atoms with Crippen molar-refractivity contribution in [2.24, 2.45) is 5.92 Å². The molecule has 0 aromatic carbocycles. The van der Waals surface area contributed by atoms with E-state index in [9.17, 15) is 4.79 Å². The van der Waals surface area contributed by atoms with Crippen molar-refractivity contribution in [2.45, 2.75) is 40.0 Å². The first-order valence-electron chi connectivity index (χ1n) is 5.57. The van der Waals surface area contributed by atoms with Crippen LogP contribution in [0.1, 0.15) is 40.0 Å². The number of hydrogen-bond donors (Lipinski definition) is 1. The molecule has 0 aromatic rings. The highest BCUT2D eigenvalue weighted by Gasteiger charge is 2.06. The minimum atomic E-state index is 0.125. The van der Waals surface area contributed by atoms with E-state index in [4.69, 9.17) is 0 Å². The Morgan fingerprint density at radius 1 is 1.47 bits per heavy atom. The average Bonchev–Trinajstić information content (AvgIpc) is 2.14. The Bertz CT molecular complexity index is 227. The van der Waals surface area contributed by atoms with Gasteiger partial charge in [0.2, 0.25) is 5.91 Å². The monoisotopic (exact) mass is 209 g/mol. The van der Waals surface area contributed by atoms with Crippen LogP contribution >= 0.6 is 0 Å². The quantitative estimate of drug-likeness (QED) is 0.641. The first kappa shape index (κ1) is 13.9. The Morgan fingerprint density at radius 2 is 2.13 bits per heavy atom. The number of nitrogens with one attached hydrogen (secondary N) is 1. The number of carbonyl (C=O) groups is 1. The average molecular weight is 209 g/mol. The van der Waals surface area contributed by atoms with Crippen molar-refractivity contribution in [2.75, 3.05) is 6.54 Å². The number of carbonyl (C=O) groups excluding carboxylic acids is 1. The van der Waals surface area contributed by atoms with E-state index in [-0.39, 0.29) is 5.91 Å². The van der Waals surface area contributed by atoms with Crippen LogP contribution in [-0.4, -0.2) is 12.5 Å². The summed E-state index contributed by atoms with van der Waals surface area (Å²) in [4.78, 5) is 11.3. The zero-order valence-corrected chi connectivity index (χ0v) is 10.2. The van der Waals surface area contributed by atoms with E-state index in [0.717, 1.165) is 12.8 Å². The molecule has 0 aliphatic heterocycles. The molecule has 1 amide bonds. The fourth-order valence-corrected chi connectivity index (χ4v) is 1.33. The lowest BCUT2D eigenvalue weighted by atomic mass is 10.0. The van der Waals surface area contributed by atoms with E-state index in [0.29, 0.717) is 18.9 Å². The summed E-state index contributed by atoms with van der Waals surface area (Å²) in [6.45, 7) is 10.4. The third kappa shape index (κ3) is 9.26. The van der Waals surface area contributed by atoms with Crippen molar-refractivity contribution in [1.82, 2.24) is 5.32 Å². The van der Waals surface area contributed by atoms with Crippen molar-refractivity contribution >= 4 is 5.91 Å². The Kier molecular flexibility index (Phi) is 7.69. The van der Waals surface area contributed by atoms with Crippen LogP contribution in [0.5, 0.6) is 0 Å². The number of amides is 1. The number of rotatable bonds is 7. The lowest BCUT2D eigenvalue weighted by Gasteiger charge is -2.09. The molecule has 0 aromatic heterocycles. The predicted octanol–water partition coefficient (Wildman–Crippen LogP) is 3.06. The molecule has 2 heteroatoms. The molecular weight excluding hydrogens is 186 g/mol. The molecule has 0 bridgehead atoms. The van der Waals surface area contributed by atoms with Crippen LogP contribution in [0.4, 0.5) is 0 Å². The van der Waals surface area contributed by atoms with Crippen LogP contribution in [-0.2, 0) is 4.79 Å². The summed E-state index contributed by atoms with van der Waals surface area (Å²) in [5, 5.41) is 2.79. The van der Waals surface area contributed by atoms with Crippen LogP contribution in [0.2, 0.25) is 0 Å². The maximum absolute atomic E-state index is 11.3. The lowest BCUT2D eigenvalue weighted by Crippen LogP contribution is -2.24. The van der Waals surface area contributed by atoms with Gasteiger partial charge >= 0.3 is 0 Å². The molecule has 0 heterocycles. The van der Waals surface area contributed by atoms with Gasteiger partial charge in [-0.1, -0.05) is 24.6 Å². The van der Waals surface area contributed by atoms with Crippen molar-refractivity contribution < 1.29 is 4.79 Å². The second-order valence-electron chi connectivity index (χ2n) is 4.26. The van der Waals surface area contributed by atoms with Gasteiger partial charge in [-0.05, 0) is 32.6 Å². The van der Waals surface area contributed by atoms with E-state index in [1.807, 2.05) is 0 Å². The molecule has 0 radical (unpaired) electrons. The summed E-state index contributed by atoms with van der Waals surface area (Å²) in [6.07, 6.45) is 6.68. The SMILES string of the molecule is C=CCNC(=O)CC(C)CCC=C(C)C. The standard InChI is InChI=1S/C13H23NO/c1-5-9-14-13(15)10-12(4)8-6-7-11(2)3/h5,7,12H,1,6,8-10H2,2-4H3,(H,14,15). The minimum absolute atomic E-state index is 0.125.